The molecule has 40 heavy (non-hydrogen) atoms. The number of hydrogen-bond acceptors (Lipinski definition) is 6. The number of benzene rings is 2. The fourth-order valence-electron chi connectivity index (χ4n) is 5.34. The average Bonchev–Trinajstić information content (AvgIpc) is 3.51. The first-order chi connectivity index (χ1) is 19.4. The number of rotatable bonds is 8. The largest absolute Gasteiger partial charge is 0.464 e. The van der Waals surface area contributed by atoms with E-state index in [2.05, 4.69) is 32.3 Å². The van der Waals surface area contributed by atoms with Gasteiger partial charge >= 0.3 is 0 Å². The molecule has 5 rings (SSSR count). The average molecular weight is 538 g/mol. The molecule has 8 heteroatoms. The molecule has 1 N–H and O–H groups in total. The van der Waals surface area contributed by atoms with Gasteiger partial charge in [-0.1, -0.05) is 62.4 Å². The van der Waals surface area contributed by atoms with Crippen molar-refractivity contribution in [1.82, 2.24) is 25.1 Å². The summed E-state index contributed by atoms with van der Waals surface area (Å²) in [7, 11) is 0. The van der Waals surface area contributed by atoms with Crippen molar-refractivity contribution >= 4 is 11.8 Å². The number of nitrogens with zero attached hydrogens (tertiary/aromatic N) is 4. The van der Waals surface area contributed by atoms with Gasteiger partial charge in [-0.2, -0.15) is 0 Å². The second-order valence-corrected chi connectivity index (χ2v) is 10.6. The predicted molar refractivity (Wildman–Crippen MR) is 154 cm³/mol. The van der Waals surface area contributed by atoms with Gasteiger partial charge in [0.1, 0.15) is 18.1 Å². The molecule has 0 bridgehead atoms. The van der Waals surface area contributed by atoms with E-state index in [1.807, 2.05) is 81.7 Å². The Morgan fingerprint density at radius 2 is 1.73 bits per heavy atom. The quantitative estimate of drug-likeness (QED) is 0.348. The van der Waals surface area contributed by atoms with E-state index < -0.39 is 6.04 Å². The third kappa shape index (κ3) is 6.13. The molecule has 1 saturated heterocycles. The van der Waals surface area contributed by atoms with E-state index in [-0.39, 0.29) is 23.8 Å². The number of carbonyl (C=O) groups is 2. The van der Waals surface area contributed by atoms with Crippen LogP contribution in [0.1, 0.15) is 31.9 Å². The summed E-state index contributed by atoms with van der Waals surface area (Å²) in [5.74, 6) is 0.454. The number of hydrogen-bond donors (Lipinski definition) is 1. The van der Waals surface area contributed by atoms with Crippen LogP contribution in [-0.4, -0.2) is 56.8 Å². The zero-order chi connectivity index (χ0) is 28.1. The van der Waals surface area contributed by atoms with Gasteiger partial charge in [0, 0.05) is 61.7 Å². The lowest BCUT2D eigenvalue weighted by molar-refractivity contribution is -0.150. The van der Waals surface area contributed by atoms with E-state index in [9.17, 15) is 9.59 Å². The van der Waals surface area contributed by atoms with Crippen LogP contribution in [0.3, 0.4) is 0 Å². The van der Waals surface area contributed by atoms with Crippen LogP contribution in [0, 0.1) is 5.92 Å². The van der Waals surface area contributed by atoms with E-state index in [4.69, 9.17) is 4.42 Å². The maximum Gasteiger partial charge on any atom is 0.244 e. The molecule has 2 atom stereocenters. The van der Waals surface area contributed by atoms with Crippen LogP contribution in [0.15, 0.2) is 90.1 Å². The van der Waals surface area contributed by atoms with Gasteiger partial charge in [-0.15, -0.1) is 0 Å². The summed E-state index contributed by atoms with van der Waals surface area (Å²) in [5.41, 5.74) is 5.10. The summed E-state index contributed by atoms with van der Waals surface area (Å²) in [4.78, 5) is 39.3. The number of aromatic nitrogens is 2. The van der Waals surface area contributed by atoms with Crippen LogP contribution in [0.4, 0.5) is 0 Å². The SMILES string of the molecule is CC(C)C(=O)N1C(C)CN(Cc2ccccc2-c2cncnc2)CC1C(=O)NCc1ccc(-c2ccco2)cc1. The highest BCUT2D eigenvalue weighted by Gasteiger charge is 2.40. The topological polar surface area (TPSA) is 91.6 Å². The molecule has 1 aliphatic rings. The Bertz CT molecular complexity index is 1420. The van der Waals surface area contributed by atoms with E-state index in [0.717, 1.165) is 33.6 Å². The highest BCUT2D eigenvalue weighted by Crippen LogP contribution is 2.27. The Kier molecular flexibility index (Phi) is 8.36. The minimum Gasteiger partial charge on any atom is -0.464 e. The summed E-state index contributed by atoms with van der Waals surface area (Å²) < 4.78 is 5.47. The first-order valence-electron chi connectivity index (χ1n) is 13.7. The molecule has 8 nitrogen and oxygen atoms in total. The van der Waals surface area contributed by atoms with Gasteiger partial charge in [-0.3, -0.25) is 14.5 Å². The number of carbonyl (C=O) groups excluding carboxylic acids is 2. The van der Waals surface area contributed by atoms with Crippen LogP contribution >= 0.6 is 0 Å². The molecule has 0 aliphatic carbocycles. The molecule has 1 fully saturated rings. The Labute approximate surface area is 235 Å². The monoisotopic (exact) mass is 537 g/mol. The van der Waals surface area contributed by atoms with Gasteiger partial charge in [0.15, 0.2) is 0 Å². The maximum atomic E-state index is 13.6. The molecule has 1 aliphatic heterocycles. The molecule has 206 valence electrons. The lowest BCUT2D eigenvalue weighted by atomic mass is 9.99. The van der Waals surface area contributed by atoms with Crippen LogP contribution in [0.5, 0.6) is 0 Å². The van der Waals surface area contributed by atoms with Crippen molar-refractivity contribution in [3.63, 3.8) is 0 Å². The lowest BCUT2D eigenvalue weighted by Crippen LogP contribution is -2.64. The first-order valence-corrected chi connectivity index (χ1v) is 13.7. The Balaban J connectivity index is 1.32. The molecular weight excluding hydrogens is 502 g/mol. The van der Waals surface area contributed by atoms with Crippen LogP contribution in [0.25, 0.3) is 22.5 Å². The predicted octanol–water partition coefficient (Wildman–Crippen LogP) is 4.78. The van der Waals surface area contributed by atoms with Crippen molar-refractivity contribution in [2.75, 3.05) is 13.1 Å². The van der Waals surface area contributed by atoms with E-state index >= 15 is 0 Å². The van der Waals surface area contributed by atoms with Gasteiger partial charge in [0.25, 0.3) is 0 Å². The fourth-order valence-corrected chi connectivity index (χ4v) is 5.34. The van der Waals surface area contributed by atoms with Crippen molar-refractivity contribution < 1.29 is 14.0 Å². The van der Waals surface area contributed by atoms with Gasteiger partial charge in [-0.25, -0.2) is 9.97 Å². The van der Waals surface area contributed by atoms with Crippen molar-refractivity contribution in [3.05, 3.63) is 96.8 Å². The van der Waals surface area contributed by atoms with E-state index in [0.29, 0.717) is 26.2 Å². The second-order valence-electron chi connectivity index (χ2n) is 10.6. The minimum absolute atomic E-state index is 0.00284. The summed E-state index contributed by atoms with van der Waals surface area (Å²) in [6.07, 6.45) is 6.79. The Morgan fingerprint density at radius 3 is 2.42 bits per heavy atom. The number of furan rings is 1. The molecule has 2 unspecified atom stereocenters. The van der Waals surface area contributed by atoms with Crippen LogP contribution in [0.2, 0.25) is 0 Å². The van der Waals surface area contributed by atoms with Crippen molar-refractivity contribution in [3.8, 4) is 22.5 Å². The molecule has 3 heterocycles. The standard InChI is InChI=1S/C32H35N5O3/c1-22(2)32(39)37-23(3)18-36(19-26-7-4-5-8-28(26)27-16-33-21-34-17-27)20-29(37)31(38)35-15-24-10-12-25(13-11-24)30-9-6-14-40-30/h4-14,16-17,21-23,29H,15,18-20H2,1-3H3,(H,35,38). The van der Waals surface area contributed by atoms with Gasteiger partial charge < -0.3 is 14.6 Å². The molecule has 2 aromatic heterocycles. The molecule has 4 aromatic rings. The number of piperazine rings is 1. The van der Waals surface area contributed by atoms with Gasteiger partial charge in [0.05, 0.1) is 6.26 Å². The number of nitrogens with one attached hydrogen (secondary N) is 1. The zero-order valence-corrected chi connectivity index (χ0v) is 23.2. The summed E-state index contributed by atoms with van der Waals surface area (Å²) in [6.45, 7) is 7.95. The molecule has 0 spiro atoms. The molecule has 0 radical (unpaired) electrons. The molecular formula is C32H35N5O3. The van der Waals surface area contributed by atoms with E-state index in [1.54, 1.807) is 11.2 Å². The second kappa shape index (κ2) is 12.3. The van der Waals surface area contributed by atoms with Crippen molar-refractivity contribution in [1.29, 1.82) is 0 Å². The minimum atomic E-state index is -0.590. The van der Waals surface area contributed by atoms with Crippen molar-refractivity contribution in [2.24, 2.45) is 5.92 Å². The lowest BCUT2D eigenvalue weighted by Gasteiger charge is -2.45. The molecule has 0 saturated carbocycles. The smallest absolute Gasteiger partial charge is 0.244 e. The van der Waals surface area contributed by atoms with Crippen molar-refractivity contribution in [2.45, 2.75) is 45.9 Å². The van der Waals surface area contributed by atoms with Gasteiger partial charge in [0.2, 0.25) is 11.8 Å². The highest BCUT2D eigenvalue weighted by molar-refractivity contribution is 5.89. The maximum absolute atomic E-state index is 13.6. The summed E-state index contributed by atoms with van der Waals surface area (Å²) in [5, 5.41) is 3.09. The summed E-state index contributed by atoms with van der Waals surface area (Å²) >= 11 is 0. The molecule has 2 amide bonds. The molecule has 2 aromatic carbocycles. The fraction of sp³-hybridized carbons (Fsp3) is 0.312. The normalized spacial score (nSPS) is 17.6. The van der Waals surface area contributed by atoms with Crippen LogP contribution < -0.4 is 5.32 Å². The van der Waals surface area contributed by atoms with E-state index in [1.165, 1.54) is 6.33 Å². The summed E-state index contributed by atoms with van der Waals surface area (Å²) in [6, 6.07) is 19.2. The first kappa shape index (κ1) is 27.3. The van der Waals surface area contributed by atoms with Crippen LogP contribution in [-0.2, 0) is 22.7 Å². The Morgan fingerprint density at radius 1 is 0.975 bits per heavy atom. The Hall–Kier alpha value is -4.30. The third-order valence-corrected chi connectivity index (χ3v) is 7.32. The van der Waals surface area contributed by atoms with Gasteiger partial charge in [-0.05, 0) is 35.7 Å². The zero-order valence-electron chi connectivity index (χ0n) is 23.2. The third-order valence-electron chi connectivity index (χ3n) is 7.32. The highest BCUT2D eigenvalue weighted by atomic mass is 16.3. The number of amides is 2.